The Kier molecular flexibility index (Phi) is 7.06. The quantitative estimate of drug-likeness (QED) is 0.524. The van der Waals surface area contributed by atoms with Crippen LogP contribution in [0, 0.1) is 0 Å². The average Bonchev–Trinajstić information content (AvgIpc) is 2.77. The lowest BCUT2D eigenvalue weighted by atomic mass is 9.55. The third-order valence-corrected chi connectivity index (χ3v) is 7.97. The van der Waals surface area contributed by atoms with E-state index in [4.69, 9.17) is 23.2 Å². The predicted octanol–water partition coefficient (Wildman–Crippen LogP) is 4.47. The van der Waals surface area contributed by atoms with Crippen molar-refractivity contribution in [3.05, 3.63) is 76.3 Å². The van der Waals surface area contributed by atoms with E-state index < -0.39 is 11.0 Å². The van der Waals surface area contributed by atoms with Gasteiger partial charge >= 0.3 is 0 Å². The lowest BCUT2D eigenvalue weighted by Crippen LogP contribution is -2.67. The van der Waals surface area contributed by atoms with Gasteiger partial charge in [-0.15, -0.1) is 6.58 Å². The van der Waals surface area contributed by atoms with Crippen LogP contribution in [-0.2, 0) is 16.6 Å². The molecule has 2 aliphatic rings. The molecule has 1 amide bonds. The zero-order valence-corrected chi connectivity index (χ0v) is 20.1. The van der Waals surface area contributed by atoms with E-state index >= 15 is 0 Å². The number of halogens is 2. The van der Waals surface area contributed by atoms with Crippen molar-refractivity contribution < 1.29 is 15.0 Å². The summed E-state index contributed by atoms with van der Waals surface area (Å²) in [6, 6.07) is 12.3. The van der Waals surface area contributed by atoms with Gasteiger partial charge < -0.3 is 15.5 Å². The van der Waals surface area contributed by atoms with Crippen LogP contribution in [0.3, 0.4) is 0 Å². The molecule has 2 aromatic carbocycles. The first-order valence-corrected chi connectivity index (χ1v) is 12.1. The second-order valence-corrected chi connectivity index (χ2v) is 10.2. The van der Waals surface area contributed by atoms with E-state index in [0.29, 0.717) is 35.9 Å². The first kappa shape index (κ1) is 24.1. The van der Waals surface area contributed by atoms with Gasteiger partial charge in [-0.25, -0.2) is 0 Å². The Labute approximate surface area is 205 Å². The molecule has 2 fully saturated rings. The highest BCUT2D eigenvalue weighted by Gasteiger charge is 2.57. The number of benzene rings is 2. The predicted molar refractivity (Wildman–Crippen MR) is 132 cm³/mol. The monoisotopic (exact) mass is 488 g/mol. The minimum absolute atomic E-state index is 0.0751. The lowest BCUT2D eigenvalue weighted by Gasteiger charge is -2.58. The number of amides is 1. The van der Waals surface area contributed by atoms with Crippen molar-refractivity contribution in [1.82, 2.24) is 10.2 Å². The Bertz CT molecular complexity index is 1050. The summed E-state index contributed by atoms with van der Waals surface area (Å²) in [6.07, 6.45) is 4.67. The zero-order chi connectivity index (χ0) is 23.6. The smallest absolute Gasteiger partial charge is 0.224 e. The van der Waals surface area contributed by atoms with Crippen LogP contribution in [0.25, 0.3) is 0 Å². The Morgan fingerprint density at radius 1 is 1.21 bits per heavy atom. The molecule has 0 bridgehead atoms. The van der Waals surface area contributed by atoms with Gasteiger partial charge in [0.15, 0.2) is 0 Å². The maximum Gasteiger partial charge on any atom is 0.224 e. The van der Waals surface area contributed by atoms with Crippen molar-refractivity contribution >= 4 is 29.1 Å². The van der Waals surface area contributed by atoms with Gasteiger partial charge in [-0.1, -0.05) is 47.5 Å². The van der Waals surface area contributed by atoms with E-state index in [2.05, 4.69) is 16.8 Å². The Morgan fingerprint density at radius 2 is 2.03 bits per heavy atom. The number of nitrogens with zero attached hydrogens (tertiary/aromatic N) is 1. The molecule has 0 spiro atoms. The first-order chi connectivity index (χ1) is 15.7. The second-order valence-electron chi connectivity index (χ2n) is 9.37. The number of rotatable bonds is 6. The van der Waals surface area contributed by atoms with Crippen LogP contribution >= 0.6 is 23.2 Å². The maximum absolute atomic E-state index is 12.8. The molecular weight excluding hydrogens is 459 g/mol. The molecule has 1 aliphatic heterocycles. The number of nitrogens with one attached hydrogen (secondary N) is 1. The zero-order valence-electron chi connectivity index (χ0n) is 18.6. The number of phenolic OH excluding ortho intramolecular Hbond substituents is 1. The summed E-state index contributed by atoms with van der Waals surface area (Å²) < 4.78 is 0. The summed E-state index contributed by atoms with van der Waals surface area (Å²) in [7, 11) is 0. The van der Waals surface area contributed by atoms with E-state index in [-0.39, 0.29) is 24.1 Å². The highest BCUT2D eigenvalue weighted by atomic mass is 35.5. The number of phenols is 1. The molecule has 2 unspecified atom stereocenters. The van der Waals surface area contributed by atoms with Crippen LogP contribution in [0.2, 0.25) is 10.0 Å². The molecule has 2 aromatic rings. The van der Waals surface area contributed by atoms with Gasteiger partial charge in [0, 0.05) is 24.5 Å². The highest BCUT2D eigenvalue weighted by molar-refractivity contribution is 6.42. The van der Waals surface area contributed by atoms with Crippen LogP contribution in [0.1, 0.15) is 36.8 Å². The first-order valence-electron chi connectivity index (χ1n) is 11.3. The SMILES string of the molecule is C=CCN1CCC2(c3cccc(O)c3)C[C@H](NC(=O)Cc3ccc(Cl)c(Cl)c3)CCC2(O)C1. The van der Waals surface area contributed by atoms with E-state index in [1.807, 2.05) is 18.2 Å². The Balaban J connectivity index is 1.55. The maximum atomic E-state index is 12.8. The summed E-state index contributed by atoms with van der Waals surface area (Å²) in [5.74, 6) is 0.0995. The van der Waals surface area contributed by atoms with Crippen LogP contribution in [0.5, 0.6) is 5.75 Å². The Morgan fingerprint density at radius 3 is 2.76 bits per heavy atom. The molecule has 1 heterocycles. The molecular formula is C26H30Cl2N2O3. The summed E-state index contributed by atoms with van der Waals surface area (Å²) in [4.78, 5) is 15.1. The molecule has 176 valence electrons. The fraction of sp³-hybridized carbons (Fsp3) is 0.423. The standard InChI is InChI=1S/C26H30Cl2N2O3/c1-2-11-30-12-10-25(19-4-3-5-21(31)15-19)16-20(8-9-26(25,33)17-30)29-24(32)14-18-6-7-22(27)23(28)13-18/h2-7,13,15,20,31,33H,1,8-12,14,16-17H2,(H,29,32)/t20-,25?,26?/m1/s1. The van der Waals surface area contributed by atoms with Crippen molar-refractivity contribution in [2.75, 3.05) is 19.6 Å². The normalized spacial score (nSPS) is 27.5. The number of hydrogen-bond acceptors (Lipinski definition) is 4. The number of aliphatic hydroxyl groups is 1. The van der Waals surface area contributed by atoms with Crippen molar-refractivity contribution in [3.8, 4) is 5.75 Å². The largest absolute Gasteiger partial charge is 0.508 e. The molecule has 1 saturated carbocycles. The van der Waals surface area contributed by atoms with Crippen molar-refractivity contribution in [3.63, 3.8) is 0 Å². The summed E-state index contributed by atoms with van der Waals surface area (Å²) in [6.45, 7) is 5.92. The van der Waals surface area contributed by atoms with Crippen LogP contribution < -0.4 is 5.32 Å². The second kappa shape index (κ2) is 9.67. The number of piperidine rings is 1. The summed E-state index contributed by atoms with van der Waals surface area (Å²) in [5.41, 5.74) is 0.220. The van der Waals surface area contributed by atoms with E-state index in [1.54, 1.807) is 30.3 Å². The van der Waals surface area contributed by atoms with Crippen LogP contribution in [0.15, 0.2) is 55.1 Å². The Hall–Kier alpha value is -2.05. The minimum Gasteiger partial charge on any atom is -0.508 e. The van der Waals surface area contributed by atoms with Gasteiger partial charge in [-0.05, 0) is 67.6 Å². The number of carbonyl (C=O) groups is 1. The minimum atomic E-state index is -0.951. The number of likely N-dealkylation sites (tertiary alicyclic amines) is 1. The van der Waals surface area contributed by atoms with E-state index in [9.17, 15) is 15.0 Å². The molecule has 0 aromatic heterocycles. The average molecular weight is 489 g/mol. The third-order valence-electron chi connectivity index (χ3n) is 7.23. The molecule has 0 radical (unpaired) electrons. The number of β-amino-alcohol motifs (C(OH)–C–C–N with tert-alkyl or cyclic N) is 1. The van der Waals surface area contributed by atoms with Crippen molar-refractivity contribution in [2.24, 2.45) is 0 Å². The van der Waals surface area contributed by atoms with Gasteiger partial charge in [0.05, 0.1) is 22.1 Å². The van der Waals surface area contributed by atoms with Gasteiger partial charge in [0.2, 0.25) is 5.91 Å². The highest BCUT2D eigenvalue weighted by Crippen LogP contribution is 2.52. The van der Waals surface area contributed by atoms with E-state index in [0.717, 1.165) is 30.6 Å². The van der Waals surface area contributed by atoms with E-state index in [1.165, 1.54) is 0 Å². The van der Waals surface area contributed by atoms with Crippen molar-refractivity contribution in [2.45, 2.75) is 49.2 Å². The number of carbonyl (C=O) groups excluding carboxylic acids is 1. The molecule has 33 heavy (non-hydrogen) atoms. The van der Waals surface area contributed by atoms with Gasteiger partial charge in [-0.2, -0.15) is 0 Å². The number of hydrogen-bond donors (Lipinski definition) is 3. The van der Waals surface area contributed by atoms with Crippen molar-refractivity contribution in [1.29, 1.82) is 0 Å². The van der Waals surface area contributed by atoms with Gasteiger partial charge in [0.25, 0.3) is 0 Å². The number of aromatic hydroxyl groups is 1. The summed E-state index contributed by atoms with van der Waals surface area (Å²) >= 11 is 12.1. The number of fused-ring (bicyclic) bond motifs is 1. The lowest BCUT2D eigenvalue weighted by molar-refractivity contribution is -0.132. The van der Waals surface area contributed by atoms with Crippen LogP contribution in [0.4, 0.5) is 0 Å². The topological polar surface area (TPSA) is 72.8 Å². The molecule has 1 saturated heterocycles. The fourth-order valence-electron chi connectivity index (χ4n) is 5.64. The third kappa shape index (κ3) is 4.92. The molecule has 3 atom stereocenters. The summed E-state index contributed by atoms with van der Waals surface area (Å²) in [5, 5.41) is 26.2. The molecule has 3 N–H and O–H groups in total. The molecule has 4 rings (SSSR count). The molecule has 7 heteroatoms. The van der Waals surface area contributed by atoms with Gasteiger partial charge in [-0.3, -0.25) is 9.69 Å². The molecule has 5 nitrogen and oxygen atoms in total. The van der Waals surface area contributed by atoms with Gasteiger partial charge in [0.1, 0.15) is 5.75 Å². The fourth-order valence-corrected chi connectivity index (χ4v) is 5.96. The van der Waals surface area contributed by atoms with Crippen LogP contribution in [-0.4, -0.2) is 52.3 Å². The molecule has 1 aliphatic carbocycles.